The van der Waals surface area contributed by atoms with Gasteiger partial charge < -0.3 is 10.5 Å². The number of ether oxygens (including phenoxy) is 1. The molecule has 0 bridgehead atoms. The van der Waals surface area contributed by atoms with E-state index >= 15 is 0 Å². The van der Waals surface area contributed by atoms with E-state index in [1.807, 2.05) is 6.92 Å². The summed E-state index contributed by atoms with van der Waals surface area (Å²) in [6, 6.07) is 8.78. The van der Waals surface area contributed by atoms with E-state index in [4.69, 9.17) is 10.5 Å². The third kappa shape index (κ3) is 3.34. The van der Waals surface area contributed by atoms with Crippen molar-refractivity contribution < 1.29 is 4.74 Å². The number of benzene rings is 1. The normalized spacial score (nSPS) is 13.3. The fourth-order valence-corrected chi connectivity index (χ4v) is 3.32. The van der Waals surface area contributed by atoms with Gasteiger partial charge in [0, 0.05) is 30.4 Å². The van der Waals surface area contributed by atoms with E-state index in [1.54, 1.807) is 11.3 Å². The first-order valence-corrected chi connectivity index (χ1v) is 7.60. The van der Waals surface area contributed by atoms with E-state index in [2.05, 4.69) is 41.6 Å². The molecule has 19 heavy (non-hydrogen) atoms. The van der Waals surface area contributed by atoms with Crippen LogP contribution in [0.15, 0.2) is 29.6 Å². The predicted octanol–water partition coefficient (Wildman–Crippen LogP) is 2.87. The largest absolute Gasteiger partial charge is 0.380 e. The molecule has 3 nitrogen and oxygen atoms in total. The second-order valence-electron chi connectivity index (χ2n) is 4.62. The van der Waals surface area contributed by atoms with Crippen LogP contribution in [0.25, 0.3) is 10.1 Å². The number of nitrogens with two attached hydrogens (primary N) is 1. The molecular formula is C15H22N2OS. The molecule has 104 valence electrons. The Morgan fingerprint density at radius 1 is 1.37 bits per heavy atom. The molecule has 1 atom stereocenters. The van der Waals surface area contributed by atoms with E-state index in [9.17, 15) is 0 Å². The average Bonchev–Trinajstić information content (AvgIpc) is 2.84. The first-order chi connectivity index (χ1) is 9.27. The minimum absolute atomic E-state index is 0.261. The van der Waals surface area contributed by atoms with Crippen molar-refractivity contribution in [1.29, 1.82) is 0 Å². The van der Waals surface area contributed by atoms with Crippen LogP contribution in [0.1, 0.15) is 18.5 Å². The van der Waals surface area contributed by atoms with Crippen molar-refractivity contribution in [1.82, 2.24) is 4.90 Å². The maximum absolute atomic E-state index is 5.98. The van der Waals surface area contributed by atoms with Crippen molar-refractivity contribution >= 4 is 21.4 Å². The number of thiophene rings is 1. The molecule has 0 aliphatic rings. The maximum Gasteiger partial charge on any atom is 0.0593 e. The average molecular weight is 278 g/mol. The van der Waals surface area contributed by atoms with Crippen LogP contribution in [0.5, 0.6) is 0 Å². The van der Waals surface area contributed by atoms with Crippen LogP contribution in [-0.2, 0) is 4.74 Å². The zero-order valence-corrected chi connectivity index (χ0v) is 12.5. The Labute approximate surface area is 119 Å². The molecule has 2 rings (SSSR count). The van der Waals surface area contributed by atoms with E-state index in [1.165, 1.54) is 15.6 Å². The Kier molecular flexibility index (Phi) is 5.34. The van der Waals surface area contributed by atoms with Crippen molar-refractivity contribution in [2.24, 2.45) is 5.73 Å². The Hall–Kier alpha value is -0.940. The first-order valence-electron chi connectivity index (χ1n) is 6.72. The second-order valence-corrected chi connectivity index (χ2v) is 5.53. The van der Waals surface area contributed by atoms with Crippen molar-refractivity contribution in [2.45, 2.75) is 13.0 Å². The molecule has 0 radical (unpaired) electrons. The number of nitrogens with zero attached hydrogens (tertiary/aromatic N) is 1. The van der Waals surface area contributed by atoms with Gasteiger partial charge in [-0.05, 0) is 36.4 Å². The molecule has 1 aromatic carbocycles. The first kappa shape index (κ1) is 14.5. The number of hydrogen-bond acceptors (Lipinski definition) is 4. The third-order valence-corrected chi connectivity index (χ3v) is 4.40. The second kappa shape index (κ2) is 7.01. The van der Waals surface area contributed by atoms with Crippen LogP contribution in [0.3, 0.4) is 0 Å². The topological polar surface area (TPSA) is 38.5 Å². The van der Waals surface area contributed by atoms with Gasteiger partial charge in [0.2, 0.25) is 0 Å². The smallest absolute Gasteiger partial charge is 0.0593 e. The van der Waals surface area contributed by atoms with Gasteiger partial charge in [-0.3, -0.25) is 4.90 Å². The Balaban J connectivity index is 2.16. The molecule has 4 heteroatoms. The summed E-state index contributed by atoms with van der Waals surface area (Å²) in [6.45, 7) is 5.07. The highest BCUT2D eigenvalue weighted by Crippen LogP contribution is 2.32. The molecule has 0 spiro atoms. The quantitative estimate of drug-likeness (QED) is 0.792. The highest BCUT2D eigenvalue weighted by molar-refractivity contribution is 7.17. The Morgan fingerprint density at radius 3 is 2.89 bits per heavy atom. The van der Waals surface area contributed by atoms with E-state index in [0.717, 1.165) is 19.8 Å². The molecule has 0 aliphatic heterocycles. The summed E-state index contributed by atoms with van der Waals surface area (Å²) < 4.78 is 6.75. The van der Waals surface area contributed by atoms with Gasteiger partial charge >= 0.3 is 0 Å². The van der Waals surface area contributed by atoms with Gasteiger partial charge in [0.05, 0.1) is 6.61 Å². The van der Waals surface area contributed by atoms with Crippen LogP contribution in [-0.4, -0.2) is 38.3 Å². The summed E-state index contributed by atoms with van der Waals surface area (Å²) in [7, 11) is 2.11. The van der Waals surface area contributed by atoms with Crippen LogP contribution < -0.4 is 5.73 Å². The maximum atomic E-state index is 5.98. The van der Waals surface area contributed by atoms with Crippen LogP contribution in [0.2, 0.25) is 0 Å². The lowest BCUT2D eigenvalue weighted by Gasteiger charge is -2.26. The molecule has 0 amide bonds. The molecule has 1 aromatic heterocycles. The van der Waals surface area contributed by atoms with Crippen molar-refractivity contribution in [3.8, 4) is 0 Å². The summed E-state index contributed by atoms with van der Waals surface area (Å²) in [5, 5.41) is 3.56. The van der Waals surface area contributed by atoms with Crippen LogP contribution in [0.4, 0.5) is 0 Å². The Morgan fingerprint density at radius 2 is 2.16 bits per heavy atom. The SMILES string of the molecule is CCOCCN(C)C(CN)c1csc2ccccc12. The molecule has 0 fully saturated rings. The Bertz CT molecular complexity index is 512. The standard InChI is InChI=1S/C15H22N2OS/c1-3-18-9-8-17(2)14(10-16)13-11-19-15-7-5-4-6-12(13)15/h4-7,11,14H,3,8-10,16H2,1-2H3. The molecule has 0 aliphatic carbocycles. The molecule has 1 heterocycles. The lowest BCUT2D eigenvalue weighted by Crippen LogP contribution is -2.33. The monoisotopic (exact) mass is 278 g/mol. The van der Waals surface area contributed by atoms with E-state index in [0.29, 0.717) is 6.54 Å². The molecule has 0 saturated heterocycles. The van der Waals surface area contributed by atoms with Gasteiger partial charge in [-0.2, -0.15) is 0 Å². The van der Waals surface area contributed by atoms with Gasteiger partial charge in [0.25, 0.3) is 0 Å². The predicted molar refractivity (Wildman–Crippen MR) is 82.7 cm³/mol. The van der Waals surface area contributed by atoms with Crippen LogP contribution in [0, 0.1) is 0 Å². The summed E-state index contributed by atoms with van der Waals surface area (Å²) in [5.74, 6) is 0. The van der Waals surface area contributed by atoms with E-state index in [-0.39, 0.29) is 6.04 Å². The lowest BCUT2D eigenvalue weighted by atomic mass is 10.0. The van der Waals surface area contributed by atoms with Gasteiger partial charge in [-0.15, -0.1) is 11.3 Å². The van der Waals surface area contributed by atoms with Crippen LogP contribution >= 0.6 is 11.3 Å². The number of hydrogen-bond donors (Lipinski definition) is 1. The minimum atomic E-state index is 0.261. The number of likely N-dealkylation sites (N-methyl/N-ethyl adjacent to an activating group) is 1. The molecule has 1 unspecified atom stereocenters. The molecular weight excluding hydrogens is 256 g/mol. The molecule has 0 saturated carbocycles. The van der Waals surface area contributed by atoms with Gasteiger partial charge in [0.15, 0.2) is 0 Å². The molecule has 2 aromatic rings. The van der Waals surface area contributed by atoms with Crippen molar-refractivity contribution in [3.63, 3.8) is 0 Å². The summed E-state index contributed by atoms with van der Waals surface area (Å²) in [4.78, 5) is 2.28. The fourth-order valence-electron chi connectivity index (χ4n) is 2.31. The van der Waals surface area contributed by atoms with Gasteiger partial charge in [-0.25, -0.2) is 0 Å². The number of fused-ring (bicyclic) bond motifs is 1. The zero-order chi connectivity index (χ0) is 13.7. The fraction of sp³-hybridized carbons (Fsp3) is 0.467. The highest BCUT2D eigenvalue weighted by atomic mass is 32.1. The highest BCUT2D eigenvalue weighted by Gasteiger charge is 2.18. The minimum Gasteiger partial charge on any atom is -0.380 e. The van der Waals surface area contributed by atoms with Crippen molar-refractivity contribution in [3.05, 3.63) is 35.2 Å². The zero-order valence-electron chi connectivity index (χ0n) is 11.6. The summed E-state index contributed by atoms with van der Waals surface area (Å²) >= 11 is 1.79. The van der Waals surface area contributed by atoms with E-state index < -0.39 is 0 Å². The van der Waals surface area contributed by atoms with Crippen molar-refractivity contribution in [2.75, 3.05) is 33.4 Å². The van der Waals surface area contributed by atoms with Gasteiger partial charge in [-0.1, -0.05) is 18.2 Å². The lowest BCUT2D eigenvalue weighted by molar-refractivity contribution is 0.109. The molecule has 2 N–H and O–H groups in total. The third-order valence-electron chi connectivity index (χ3n) is 3.42. The summed E-state index contributed by atoms with van der Waals surface area (Å²) in [6.07, 6.45) is 0. The summed E-state index contributed by atoms with van der Waals surface area (Å²) in [5.41, 5.74) is 7.32. The number of rotatable bonds is 7. The van der Waals surface area contributed by atoms with Gasteiger partial charge in [0.1, 0.15) is 0 Å².